The molecule has 1 aromatic carbocycles. The minimum Gasteiger partial charge on any atom is -0.338 e. The molecule has 4 nitrogen and oxygen atoms in total. The molecule has 4 heteroatoms. The summed E-state index contributed by atoms with van der Waals surface area (Å²) in [6.45, 7) is 7.57. The van der Waals surface area contributed by atoms with Crippen LogP contribution in [0.5, 0.6) is 0 Å². The molecule has 0 atom stereocenters. The number of nitrogens with one attached hydrogen (secondary N) is 1. The maximum atomic E-state index is 12.3. The molecule has 0 unspecified atom stereocenters. The first-order valence-electron chi connectivity index (χ1n) is 7.41. The standard InChI is InChI=1S/C16H25N3O/c1-4-10-18-15(20)19-11-6-7-12-13(16(2,3)17)8-5-9-14(12)19/h5,8-9H,4,6-7,10-11,17H2,1-3H3,(H,18,20). The summed E-state index contributed by atoms with van der Waals surface area (Å²) in [5, 5.41) is 2.96. The minimum atomic E-state index is -0.381. The number of amides is 2. The molecule has 0 bridgehead atoms. The Morgan fingerprint density at radius 2 is 2.20 bits per heavy atom. The Labute approximate surface area is 121 Å². The van der Waals surface area contributed by atoms with Crippen LogP contribution in [0.1, 0.15) is 44.7 Å². The maximum absolute atomic E-state index is 12.3. The van der Waals surface area contributed by atoms with E-state index in [0.717, 1.165) is 37.1 Å². The van der Waals surface area contributed by atoms with Crippen molar-refractivity contribution in [3.05, 3.63) is 29.3 Å². The zero-order chi connectivity index (χ0) is 14.8. The van der Waals surface area contributed by atoms with Crippen molar-refractivity contribution >= 4 is 11.7 Å². The van der Waals surface area contributed by atoms with Crippen molar-refractivity contribution < 1.29 is 4.79 Å². The molecular formula is C16H25N3O. The van der Waals surface area contributed by atoms with E-state index in [-0.39, 0.29) is 11.6 Å². The lowest BCUT2D eigenvalue weighted by Crippen LogP contribution is -2.44. The van der Waals surface area contributed by atoms with Crippen LogP contribution in [0.25, 0.3) is 0 Å². The number of rotatable bonds is 3. The highest BCUT2D eigenvalue weighted by molar-refractivity contribution is 5.93. The van der Waals surface area contributed by atoms with Crippen LogP contribution >= 0.6 is 0 Å². The Balaban J connectivity index is 2.35. The molecule has 2 amide bonds. The van der Waals surface area contributed by atoms with Crippen LogP contribution < -0.4 is 16.0 Å². The van der Waals surface area contributed by atoms with Gasteiger partial charge in [-0.15, -0.1) is 0 Å². The lowest BCUT2D eigenvalue weighted by molar-refractivity contribution is 0.246. The highest BCUT2D eigenvalue weighted by Crippen LogP contribution is 2.34. The Hall–Kier alpha value is -1.55. The molecule has 2 rings (SSSR count). The number of nitrogens with two attached hydrogens (primary N) is 1. The third kappa shape index (κ3) is 2.96. The smallest absolute Gasteiger partial charge is 0.321 e. The van der Waals surface area contributed by atoms with E-state index >= 15 is 0 Å². The van der Waals surface area contributed by atoms with Gasteiger partial charge in [-0.1, -0.05) is 19.1 Å². The highest BCUT2D eigenvalue weighted by Gasteiger charge is 2.27. The quantitative estimate of drug-likeness (QED) is 0.891. The maximum Gasteiger partial charge on any atom is 0.321 e. The molecule has 0 radical (unpaired) electrons. The average Bonchev–Trinajstić information content (AvgIpc) is 2.42. The first-order valence-corrected chi connectivity index (χ1v) is 7.41. The van der Waals surface area contributed by atoms with Crippen LogP contribution in [-0.4, -0.2) is 19.1 Å². The van der Waals surface area contributed by atoms with Gasteiger partial charge in [-0.25, -0.2) is 4.79 Å². The highest BCUT2D eigenvalue weighted by atomic mass is 16.2. The van der Waals surface area contributed by atoms with Crippen LogP contribution in [0.3, 0.4) is 0 Å². The van der Waals surface area contributed by atoms with Gasteiger partial charge in [-0.05, 0) is 50.3 Å². The van der Waals surface area contributed by atoms with Crippen LogP contribution in [0, 0.1) is 0 Å². The molecule has 0 saturated carbocycles. The summed E-state index contributed by atoms with van der Waals surface area (Å²) < 4.78 is 0. The summed E-state index contributed by atoms with van der Waals surface area (Å²) in [5.41, 5.74) is 9.26. The van der Waals surface area contributed by atoms with Crippen LogP contribution in [0.4, 0.5) is 10.5 Å². The first-order chi connectivity index (χ1) is 9.45. The molecule has 3 N–H and O–H groups in total. The van der Waals surface area contributed by atoms with E-state index in [1.165, 1.54) is 5.56 Å². The van der Waals surface area contributed by atoms with Gasteiger partial charge in [0.05, 0.1) is 0 Å². The number of fused-ring (bicyclic) bond motifs is 1. The molecular weight excluding hydrogens is 250 g/mol. The number of nitrogens with zero attached hydrogens (tertiary/aromatic N) is 1. The van der Waals surface area contributed by atoms with Crippen molar-refractivity contribution in [2.45, 2.75) is 45.6 Å². The minimum absolute atomic E-state index is 0.000206. The zero-order valence-electron chi connectivity index (χ0n) is 12.7. The van der Waals surface area contributed by atoms with Gasteiger partial charge in [0.15, 0.2) is 0 Å². The molecule has 0 saturated heterocycles. The third-order valence-electron chi connectivity index (χ3n) is 3.72. The Morgan fingerprint density at radius 3 is 2.85 bits per heavy atom. The molecule has 0 spiro atoms. The number of hydrogen-bond acceptors (Lipinski definition) is 2. The third-order valence-corrected chi connectivity index (χ3v) is 3.72. The van der Waals surface area contributed by atoms with E-state index in [4.69, 9.17) is 5.73 Å². The van der Waals surface area contributed by atoms with E-state index in [1.807, 2.05) is 30.9 Å². The van der Waals surface area contributed by atoms with Crippen molar-refractivity contribution in [3.63, 3.8) is 0 Å². The lowest BCUT2D eigenvalue weighted by atomic mass is 9.86. The van der Waals surface area contributed by atoms with E-state index < -0.39 is 0 Å². The van der Waals surface area contributed by atoms with Crippen LogP contribution in [0.2, 0.25) is 0 Å². The number of hydrogen-bond donors (Lipinski definition) is 2. The number of anilines is 1. The summed E-state index contributed by atoms with van der Waals surface area (Å²) >= 11 is 0. The number of carbonyl (C=O) groups excluding carboxylic acids is 1. The van der Waals surface area contributed by atoms with E-state index in [2.05, 4.69) is 18.3 Å². The first kappa shape index (κ1) is 14.9. The van der Waals surface area contributed by atoms with E-state index in [0.29, 0.717) is 6.54 Å². The molecule has 0 aromatic heterocycles. The van der Waals surface area contributed by atoms with Crippen LogP contribution in [0.15, 0.2) is 18.2 Å². The number of benzene rings is 1. The normalized spacial score (nSPS) is 14.9. The molecule has 0 fully saturated rings. The fourth-order valence-electron chi connectivity index (χ4n) is 2.77. The Bertz CT molecular complexity index is 491. The van der Waals surface area contributed by atoms with Gasteiger partial charge in [-0.3, -0.25) is 4.90 Å². The number of carbonyl (C=O) groups is 1. The van der Waals surface area contributed by atoms with Gasteiger partial charge in [0, 0.05) is 24.3 Å². The fourth-order valence-corrected chi connectivity index (χ4v) is 2.77. The van der Waals surface area contributed by atoms with Crippen molar-refractivity contribution in [2.75, 3.05) is 18.0 Å². The fraction of sp³-hybridized carbons (Fsp3) is 0.562. The lowest BCUT2D eigenvalue weighted by Gasteiger charge is -2.33. The van der Waals surface area contributed by atoms with Crippen molar-refractivity contribution in [2.24, 2.45) is 5.73 Å². The monoisotopic (exact) mass is 275 g/mol. The van der Waals surface area contributed by atoms with Crippen molar-refractivity contribution in [1.29, 1.82) is 0 Å². The van der Waals surface area contributed by atoms with Gasteiger partial charge in [-0.2, -0.15) is 0 Å². The molecule has 110 valence electrons. The number of urea groups is 1. The molecule has 1 aliphatic rings. The molecule has 0 aliphatic carbocycles. The van der Waals surface area contributed by atoms with Gasteiger partial charge in [0.1, 0.15) is 0 Å². The van der Waals surface area contributed by atoms with Crippen LogP contribution in [-0.2, 0) is 12.0 Å². The predicted octanol–water partition coefficient (Wildman–Crippen LogP) is 2.75. The van der Waals surface area contributed by atoms with E-state index in [9.17, 15) is 4.79 Å². The van der Waals surface area contributed by atoms with Crippen molar-refractivity contribution in [3.8, 4) is 0 Å². The Morgan fingerprint density at radius 1 is 1.45 bits per heavy atom. The van der Waals surface area contributed by atoms with Gasteiger partial charge in [0.25, 0.3) is 0 Å². The topological polar surface area (TPSA) is 58.4 Å². The van der Waals surface area contributed by atoms with E-state index in [1.54, 1.807) is 0 Å². The second-order valence-corrected chi connectivity index (χ2v) is 6.01. The summed E-state index contributed by atoms with van der Waals surface area (Å²) in [5.74, 6) is 0. The average molecular weight is 275 g/mol. The summed E-state index contributed by atoms with van der Waals surface area (Å²) in [6.07, 6.45) is 2.92. The predicted molar refractivity (Wildman–Crippen MR) is 83.0 cm³/mol. The summed E-state index contributed by atoms with van der Waals surface area (Å²) in [6, 6.07) is 6.09. The molecule has 1 aromatic rings. The second kappa shape index (κ2) is 5.83. The van der Waals surface area contributed by atoms with Gasteiger partial charge < -0.3 is 11.1 Å². The van der Waals surface area contributed by atoms with Crippen molar-refractivity contribution in [1.82, 2.24) is 5.32 Å². The van der Waals surface area contributed by atoms with Gasteiger partial charge in [0.2, 0.25) is 0 Å². The summed E-state index contributed by atoms with van der Waals surface area (Å²) in [4.78, 5) is 14.1. The largest absolute Gasteiger partial charge is 0.338 e. The van der Waals surface area contributed by atoms with Gasteiger partial charge >= 0.3 is 6.03 Å². The Kier molecular flexibility index (Phi) is 4.33. The molecule has 1 aliphatic heterocycles. The second-order valence-electron chi connectivity index (χ2n) is 6.01. The zero-order valence-corrected chi connectivity index (χ0v) is 12.7. The molecule has 1 heterocycles. The summed E-state index contributed by atoms with van der Waals surface area (Å²) in [7, 11) is 0. The SMILES string of the molecule is CCCNC(=O)N1CCCc2c1cccc2C(C)(C)N. The molecule has 20 heavy (non-hydrogen) atoms.